The first-order chi connectivity index (χ1) is 7.72. The van der Waals surface area contributed by atoms with Gasteiger partial charge in [0.2, 0.25) is 5.89 Å². The molecule has 0 bridgehead atoms. The van der Waals surface area contributed by atoms with Crippen molar-refractivity contribution >= 4 is 0 Å². The Labute approximate surface area is 97.6 Å². The molecule has 0 atom stereocenters. The van der Waals surface area contributed by atoms with E-state index in [4.69, 9.17) is 10.3 Å². The zero-order valence-electron chi connectivity index (χ0n) is 10.4. The van der Waals surface area contributed by atoms with E-state index in [1.807, 2.05) is 0 Å². The zero-order valence-corrected chi connectivity index (χ0v) is 10.4. The Morgan fingerprint density at radius 2 is 1.94 bits per heavy atom. The summed E-state index contributed by atoms with van der Waals surface area (Å²) in [5.74, 6) is 2.20. The summed E-state index contributed by atoms with van der Waals surface area (Å²) in [6.07, 6.45) is 6.42. The molecule has 1 heterocycles. The summed E-state index contributed by atoms with van der Waals surface area (Å²) in [5, 5.41) is 3.97. The minimum Gasteiger partial charge on any atom is -0.339 e. The largest absolute Gasteiger partial charge is 0.339 e. The lowest BCUT2D eigenvalue weighted by Gasteiger charge is -1.97. The molecule has 0 unspecified atom stereocenters. The second-order valence-electron chi connectivity index (χ2n) is 4.66. The van der Waals surface area contributed by atoms with Gasteiger partial charge in [-0.2, -0.15) is 4.98 Å². The summed E-state index contributed by atoms with van der Waals surface area (Å²) in [4.78, 5) is 4.37. The van der Waals surface area contributed by atoms with Crippen molar-refractivity contribution in [1.82, 2.24) is 10.1 Å². The molecule has 0 radical (unpaired) electrons. The van der Waals surface area contributed by atoms with Gasteiger partial charge < -0.3 is 10.3 Å². The Bertz CT molecular complexity index is 284. The number of hydrogen-bond acceptors (Lipinski definition) is 4. The van der Waals surface area contributed by atoms with E-state index in [0.717, 1.165) is 43.9 Å². The molecule has 2 N–H and O–H groups in total. The molecule has 0 fully saturated rings. The summed E-state index contributed by atoms with van der Waals surface area (Å²) in [6, 6.07) is 0. The van der Waals surface area contributed by atoms with Crippen LogP contribution < -0.4 is 5.73 Å². The molecular weight excluding hydrogens is 202 g/mol. The van der Waals surface area contributed by atoms with Crippen LogP contribution in [-0.4, -0.2) is 16.7 Å². The zero-order chi connectivity index (χ0) is 11.8. The quantitative estimate of drug-likeness (QED) is 0.690. The Morgan fingerprint density at radius 3 is 2.62 bits per heavy atom. The second-order valence-corrected chi connectivity index (χ2v) is 4.66. The van der Waals surface area contributed by atoms with Gasteiger partial charge in [0, 0.05) is 12.8 Å². The van der Waals surface area contributed by atoms with Gasteiger partial charge in [0.15, 0.2) is 5.82 Å². The van der Waals surface area contributed by atoms with Crippen molar-refractivity contribution in [3.8, 4) is 0 Å². The Hall–Kier alpha value is -0.900. The van der Waals surface area contributed by atoms with Crippen molar-refractivity contribution < 1.29 is 4.52 Å². The maximum Gasteiger partial charge on any atom is 0.226 e. The fourth-order valence-electron chi connectivity index (χ4n) is 1.61. The lowest BCUT2D eigenvalue weighted by Crippen LogP contribution is -1.98. The van der Waals surface area contributed by atoms with Crippen LogP contribution in [0.4, 0.5) is 0 Å². The Balaban J connectivity index is 2.19. The first-order valence-electron chi connectivity index (χ1n) is 6.24. The van der Waals surface area contributed by atoms with Crippen LogP contribution in [-0.2, 0) is 12.8 Å². The first-order valence-corrected chi connectivity index (χ1v) is 6.24. The number of aryl methyl sites for hydroxylation is 1. The predicted octanol–water partition coefficient (Wildman–Crippen LogP) is 2.33. The van der Waals surface area contributed by atoms with Gasteiger partial charge in [-0.1, -0.05) is 31.8 Å². The lowest BCUT2D eigenvalue weighted by molar-refractivity contribution is 0.366. The molecule has 0 amide bonds. The summed E-state index contributed by atoms with van der Waals surface area (Å²) < 4.78 is 5.19. The third-order valence-electron chi connectivity index (χ3n) is 2.45. The van der Waals surface area contributed by atoms with Crippen LogP contribution in [0.5, 0.6) is 0 Å². The van der Waals surface area contributed by atoms with Gasteiger partial charge in [0.25, 0.3) is 0 Å². The van der Waals surface area contributed by atoms with E-state index < -0.39 is 0 Å². The van der Waals surface area contributed by atoms with Crippen molar-refractivity contribution in [3.63, 3.8) is 0 Å². The molecule has 0 aliphatic carbocycles. The molecule has 0 aromatic carbocycles. The van der Waals surface area contributed by atoms with E-state index in [1.165, 1.54) is 12.8 Å². The molecular formula is C12H23N3O. The molecule has 4 heteroatoms. The molecule has 1 rings (SSSR count). The summed E-state index contributed by atoms with van der Waals surface area (Å²) in [5.41, 5.74) is 5.43. The average molecular weight is 225 g/mol. The normalized spacial score (nSPS) is 11.2. The topological polar surface area (TPSA) is 64.9 Å². The van der Waals surface area contributed by atoms with Crippen molar-refractivity contribution in [2.24, 2.45) is 11.7 Å². The van der Waals surface area contributed by atoms with Gasteiger partial charge in [-0.3, -0.25) is 0 Å². The van der Waals surface area contributed by atoms with E-state index in [-0.39, 0.29) is 0 Å². The van der Waals surface area contributed by atoms with Crippen molar-refractivity contribution in [1.29, 1.82) is 0 Å². The van der Waals surface area contributed by atoms with Crippen molar-refractivity contribution in [2.45, 2.75) is 52.4 Å². The van der Waals surface area contributed by atoms with Crippen LogP contribution in [0.15, 0.2) is 4.52 Å². The third kappa shape index (κ3) is 5.26. The van der Waals surface area contributed by atoms with Crippen LogP contribution in [0.1, 0.15) is 51.2 Å². The third-order valence-corrected chi connectivity index (χ3v) is 2.45. The van der Waals surface area contributed by atoms with Crippen LogP contribution >= 0.6 is 0 Å². The molecule has 92 valence electrons. The molecule has 1 aromatic rings. The van der Waals surface area contributed by atoms with Crippen LogP contribution in [0, 0.1) is 5.92 Å². The summed E-state index contributed by atoms with van der Waals surface area (Å²) >= 11 is 0. The second kappa shape index (κ2) is 7.39. The number of nitrogens with two attached hydrogens (primary N) is 1. The molecule has 1 aromatic heterocycles. The minimum atomic E-state index is 0.579. The number of nitrogens with zero attached hydrogens (tertiary/aromatic N) is 2. The molecule has 0 saturated carbocycles. The van der Waals surface area contributed by atoms with Crippen LogP contribution in [0.3, 0.4) is 0 Å². The molecule has 0 aliphatic rings. The Morgan fingerprint density at radius 1 is 1.19 bits per heavy atom. The standard InChI is InChI=1S/C12H23N3O/c1-10(2)9-11-14-12(16-15-11)7-5-3-4-6-8-13/h10H,3-9,13H2,1-2H3. The predicted molar refractivity (Wildman–Crippen MR) is 64.1 cm³/mol. The number of aromatic nitrogens is 2. The van der Waals surface area contributed by atoms with Gasteiger partial charge in [-0.25, -0.2) is 0 Å². The molecule has 0 spiro atoms. The Kier molecular flexibility index (Phi) is 6.08. The molecule has 16 heavy (non-hydrogen) atoms. The molecule has 0 saturated heterocycles. The smallest absolute Gasteiger partial charge is 0.226 e. The van der Waals surface area contributed by atoms with Crippen molar-refractivity contribution in [2.75, 3.05) is 6.54 Å². The fourth-order valence-corrected chi connectivity index (χ4v) is 1.61. The van der Waals surface area contributed by atoms with E-state index in [0.29, 0.717) is 5.92 Å². The van der Waals surface area contributed by atoms with Crippen molar-refractivity contribution in [3.05, 3.63) is 11.7 Å². The SMILES string of the molecule is CC(C)Cc1noc(CCCCCCN)n1. The fraction of sp³-hybridized carbons (Fsp3) is 0.833. The number of unbranched alkanes of at least 4 members (excludes halogenated alkanes) is 3. The van der Waals surface area contributed by atoms with Gasteiger partial charge >= 0.3 is 0 Å². The minimum absolute atomic E-state index is 0.579. The number of hydrogen-bond donors (Lipinski definition) is 1. The maximum atomic E-state index is 5.43. The van der Waals surface area contributed by atoms with Crippen LogP contribution in [0.2, 0.25) is 0 Å². The lowest BCUT2D eigenvalue weighted by atomic mass is 10.1. The molecule has 0 aliphatic heterocycles. The van der Waals surface area contributed by atoms with Gasteiger partial charge in [-0.05, 0) is 25.3 Å². The van der Waals surface area contributed by atoms with Gasteiger partial charge in [0.1, 0.15) is 0 Å². The monoisotopic (exact) mass is 225 g/mol. The highest BCUT2D eigenvalue weighted by atomic mass is 16.5. The highest BCUT2D eigenvalue weighted by Gasteiger charge is 2.07. The average Bonchev–Trinajstić information content (AvgIpc) is 2.64. The van der Waals surface area contributed by atoms with Gasteiger partial charge in [-0.15, -0.1) is 0 Å². The number of rotatable bonds is 8. The summed E-state index contributed by atoms with van der Waals surface area (Å²) in [7, 11) is 0. The van der Waals surface area contributed by atoms with E-state index in [9.17, 15) is 0 Å². The van der Waals surface area contributed by atoms with E-state index in [1.54, 1.807) is 0 Å². The highest BCUT2D eigenvalue weighted by Crippen LogP contribution is 2.08. The van der Waals surface area contributed by atoms with Crippen LogP contribution in [0.25, 0.3) is 0 Å². The maximum absolute atomic E-state index is 5.43. The van der Waals surface area contributed by atoms with Gasteiger partial charge in [0.05, 0.1) is 0 Å². The van der Waals surface area contributed by atoms with E-state index >= 15 is 0 Å². The highest BCUT2D eigenvalue weighted by molar-refractivity contribution is 4.87. The molecule has 4 nitrogen and oxygen atoms in total. The van der Waals surface area contributed by atoms with E-state index in [2.05, 4.69) is 24.0 Å². The first kappa shape index (κ1) is 13.2. The summed E-state index contributed by atoms with van der Waals surface area (Å²) in [6.45, 7) is 5.10.